The Morgan fingerprint density at radius 2 is 2.25 bits per heavy atom. The van der Waals surface area contributed by atoms with Gasteiger partial charge >= 0.3 is 65.9 Å². The molecule has 8 heavy (non-hydrogen) atoms. The summed E-state index contributed by atoms with van der Waals surface area (Å²) in [6, 6.07) is 0. The Morgan fingerprint density at radius 1 is 1.50 bits per heavy atom. The summed E-state index contributed by atoms with van der Waals surface area (Å²) in [5, 5.41) is 0. The molecule has 0 amide bonds. The summed E-state index contributed by atoms with van der Waals surface area (Å²) in [7, 11) is 0. The predicted octanol–water partition coefficient (Wildman–Crippen LogP) is 1.24. The normalized spacial score (nSPS) is 9.50. The molecule has 0 aliphatic rings. The van der Waals surface area contributed by atoms with Crippen LogP contribution in [0.3, 0.4) is 0 Å². The first-order chi connectivity index (χ1) is 3.91. The molecule has 0 aromatic carbocycles. The van der Waals surface area contributed by atoms with E-state index in [4.69, 9.17) is 7.55 Å². The van der Waals surface area contributed by atoms with E-state index in [9.17, 15) is 0 Å². The standard InChI is InChI=1S/C5H11O2.Zr/c1-2-3-4-7-5-6;/h2-5H2,1H3;/q-1;+1. The topological polar surface area (TPSA) is 18.5 Å². The van der Waals surface area contributed by atoms with E-state index in [0.29, 0.717) is 6.79 Å². The van der Waals surface area contributed by atoms with Crippen molar-refractivity contribution in [3.05, 3.63) is 0 Å². The van der Waals surface area contributed by atoms with Gasteiger partial charge in [-0.05, 0) is 0 Å². The third-order valence-corrected chi connectivity index (χ3v) is 1.07. The Balaban J connectivity index is 2.53. The van der Waals surface area contributed by atoms with Crippen molar-refractivity contribution >= 4 is 0 Å². The summed E-state index contributed by atoms with van der Waals surface area (Å²) in [5.41, 5.74) is 0. The van der Waals surface area contributed by atoms with Gasteiger partial charge < -0.3 is 0 Å². The van der Waals surface area contributed by atoms with Gasteiger partial charge in [-0.2, -0.15) is 0 Å². The fourth-order valence-corrected chi connectivity index (χ4v) is 0.552. The zero-order valence-electron chi connectivity index (χ0n) is 5.14. The van der Waals surface area contributed by atoms with Crippen LogP contribution in [0.4, 0.5) is 0 Å². The molecule has 0 unspecified atom stereocenters. The van der Waals surface area contributed by atoms with Crippen LogP contribution in [0.25, 0.3) is 0 Å². The van der Waals surface area contributed by atoms with Crippen molar-refractivity contribution in [3.8, 4) is 0 Å². The van der Waals surface area contributed by atoms with E-state index >= 15 is 0 Å². The third kappa shape index (κ3) is 6.80. The summed E-state index contributed by atoms with van der Waals surface area (Å²) in [4.78, 5) is 0. The van der Waals surface area contributed by atoms with E-state index in [-0.39, 0.29) is 0 Å². The van der Waals surface area contributed by atoms with Crippen molar-refractivity contribution in [2.24, 2.45) is 0 Å². The van der Waals surface area contributed by atoms with Gasteiger partial charge in [0.05, 0.1) is 0 Å². The molecule has 0 aliphatic carbocycles. The van der Waals surface area contributed by atoms with Gasteiger partial charge in [-0.1, -0.05) is 0 Å². The fraction of sp³-hybridized carbons (Fsp3) is 1.00. The zero-order valence-corrected chi connectivity index (χ0v) is 7.60. The van der Waals surface area contributed by atoms with Crippen LogP contribution in [0, 0.1) is 0 Å². The second-order valence-corrected chi connectivity index (χ2v) is 2.23. The van der Waals surface area contributed by atoms with Gasteiger partial charge in [0.2, 0.25) is 0 Å². The molecular weight excluding hydrogens is 183 g/mol. The molecule has 0 saturated carbocycles. The molecule has 0 saturated heterocycles. The van der Waals surface area contributed by atoms with E-state index in [2.05, 4.69) is 6.92 Å². The summed E-state index contributed by atoms with van der Waals surface area (Å²) in [5.74, 6) is 0. The van der Waals surface area contributed by atoms with Gasteiger partial charge in [-0.3, -0.25) is 0 Å². The van der Waals surface area contributed by atoms with Crippen molar-refractivity contribution in [2.45, 2.75) is 19.8 Å². The Labute approximate surface area is 66.0 Å². The van der Waals surface area contributed by atoms with Gasteiger partial charge in [0.25, 0.3) is 0 Å². The van der Waals surface area contributed by atoms with E-state index in [1.807, 2.05) is 0 Å². The van der Waals surface area contributed by atoms with Crippen molar-refractivity contribution in [1.82, 2.24) is 0 Å². The number of ether oxygens (including phenoxy) is 1. The van der Waals surface area contributed by atoms with E-state index < -0.39 is 0 Å². The molecule has 0 spiro atoms. The zero-order chi connectivity index (χ0) is 6.24. The van der Waals surface area contributed by atoms with E-state index in [1.54, 1.807) is 0 Å². The van der Waals surface area contributed by atoms with Gasteiger partial charge in [0.15, 0.2) is 0 Å². The number of hydrogen-bond acceptors (Lipinski definition) is 2. The molecule has 0 aromatic rings. The first kappa shape index (κ1) is 8.80. The molecule has 2 nitrogen and oxygen atoms in total. The SMILES string of the molecule is CCCCOC[O][Zr]. The molecule has 0 rings (SSSR count). The number of rotatable bonds is 5. The number of hydrogen-bond donors (Lipinski definition) is 0. The summed E-state index contributed by atoms with van der Waals surface area (Å²) >= 11 is 1.08. The molecule has 0 atom stereocenters. The Kier molecular flexibility index (Phi) is 8.59. The molecule has 0 aromatic heterocycles. The molecular formula is C5H11O2Zr. The molecule has 0 heterocycles. The van der Waals surface area contributed by atoms with Crippen LogP contribution in [-0.4, -0.2) is 13.4 Å². The second kappa shape index (κ2) is 7.80. The second-order valence-electron chi connectivity index (χ2n) is 1.52. The average molecular weight is 194 g/mol. The Bertz CT molecular complexity index is 35.4. The van der Waals surface area contributed by atoms with Crippen molar-refractivity contribution in [3.63, 3.8) is 0 Å². The van der Waals surface area contributed by atoms with Gasteiger partial charge in [-0.15, -0.1) is 0 Å². The van der Waals surface area contributed by atoms with Crippen LogP contribution in [0.5, 0.6) is 0 Å². The minimum atomic E-state index is 0.471. The maximum absolute atomic E-state index is 5.02. The van der Waals surface area contributed by atoms with Gasteiger partial charge in [0.1, 0.15) is 0 Å². The first-order valence-electron chi connectivity index (χ1n) is 2.78. The Hall–Kier alpha value is 0.803. The van der Waals surface area contributed by atoms with Gasteiger partial charge in [0, 0.05) is 0 Å². The monoisotopic (exact) mass is 193 g/mol. The van der Waals surface area contributed by atoms with E-state index in [0.717, 1.165) is 38.2 Å². The predicted molar refractivity (Wildman–Crippen MR) is 26.8 cm³/mol. The first-order valence-corrected chi connectivity index (χ1v) is 3.78. The average Bonchev–Trinajstić information content (AvgIpc) is 1.81. The van der Waals surface area contributed by atoms with Crippen molar-refractivity contribution < 1.29 is 32.7 Å². The Morgan fingerprint density at radius 3 is 2.75 bits per heavy atom. The molecule has 47 valence electrons. The van der Waals surface area contributed by atoms with Crippen LogP contribution in [0.1, 0.15) is 19.8 Å². The molecule has 0 radical (unpaired) electrons. The van der Waals surface area contributed by atoms with Gasteiger partial charge in [-0.25, -0.2) is 0 Å². The number of unbranched alkanes of at least 4 members (excludes halogenated alkanes) is 1. The van der Waals surface area contributed by atoms with Crippen LogP contribution < -0.4 is 0 Å². The van der Waals surface area contributed by atoms with Crippen LogP contribution >= 0.6 is 0 Å². The molecule has 0 N–H and O–H groups in total. The van der Waals surface area contributed by atoms with E-state index in [1.165, 1.54) is 6.42 Å². The van der Waals surface area contributed by atoms with Crippen LogP contribution in [0.15, 0.2) is 0 Å². The summed E-state index contributed by atoms with van der Waals surface area (Å²) in [6.45, 7) is 3.45. The molecule has 0 fully saturated rings. The molecule has 3 heteroatoms. The van der Waals surface area contributed by atoms with Crippen molar-refractivity contribution in [2.75, 3.05) is 13.4 Å². The fourth-order valence-electron chi connectivity index (χ4n) is 0.347. The molecule has 0 aliphatic heterocycles. The minimum absolute atomic E-state index is 0.471. The third-order valence-electron chi connectivity index (χ3n) is 0.784. The summed E-state index contributed by atoms with van der Waals surface area (Å²) < 4.78 is 9.78. The molecule has 0 bridgehead atoms. The van der Waals surface area contributed by atoms with Crippen molar-refractivity contribution in [1.29, 1.82) is 0 Å². The summed E-state index contributed by atoms with van der Waals surface area (Å²) in [6.07, 6.45) is 2.33. The van der Waals surface area contributed by atoms with Crippen LogP contribution in [-0.2, 0) is 32.7 Å². The quantitative estimate of drug-likeness (QED) is 0.484. The van der Waals surface area contributed by atoms with Crippen LogP contribution in [0.2, 0.25) is 0 Å². The maximum atomic E-state index is 5.02.